The largest absolute Gasteiger partial charge is 0.485 e. The summed E-state index contributed by atoms with van der Waals surface area (Å²) in [6.45, 7) is -0.847. The van der Waals surface area contributed by atoms with Crippen LogP contribution in [0.3, 0.4) is 0 Å². The van der Waals surface area contributed by atoms with E-state index in [0.717, 1.165) is 11.1 Å². The number of halogens is 7. The van der Waals surface area contributed by atoms with E-state index in [4.69, 9.17) is 27.9 Å². The zero-order chi connectivity index (χ0) is 26.3. The Bertz CT molecular complexity index is 1190. The third-order valence-electron chi connectivity index (χ3n) is 6.23. The number of benzene rings is 2. The molecule has 1 fully saturated rings. The summed E-state index contributed by atoms with van der Waals surface area (Å²) in [6.07, 6.45) is -5.63. The monoisotopic (exact) mass is 550 g/mol. The van der Waals surface area contributed by atoms with Crippen LogP contribution in [-0.2, 0) is 16.0 Å². The summed E-state index contributed by atoms with van der Waals surface area (Å²) in [5.74, 6) is -2.74. The van der Waals surface area contributed by atoms with Crippen molar-refractivity contribution in [1.82, 2.24) is 10.6 Å². The second-order valence-electron chi connectivity index (χ2n) is 8.83. The average Bonchev–Trinajstić information content (AvgIpc) is 3.58. The molecule has 36 heavy (non-hydrogen) atoms. The zero-order valence-electron chi connectivity index (χ0n) is 18.7. The number of hydrogen-bond donors (Lipinski definition) is 2. The third kappa shape index (κ3) is 5.70. The van der Waals surface area contributed by atoms with Crippen LogP contribution in [-0.4, -0.2) is 36.6 Å². The van der Waals surface area contributed by atoms with Gasteiger partial charge in [0.15, 0.2) is 0 Å². The molecule has 4 rings (SSSR count). The van der Waals surface area contributed by atoms with Gasteiger partial charge in [-0.2, -0.15) is 13.2 Å². The van der Waals surface area contributed by atoms with E-state index in [-0.39, 0.29) is 28.6 Å². The minimum absolute atomic E-state index is 0.0676. The lowest BCUT2D eigenvalue weighted by Gasteiger charge is -2.29. The molecule has 0 radical (unpaired) electrons. The molecule has 2 aliphatic carbocycles. The lowest BCUT2D eigenvalue weighted by molar-refractivity contribution is -0.175. The molecule has 0 saturated heterocycles. The maximum absolute atomic E-state index is 12.8. The average molecular weight is 551 g/mol. The molecular weight excluding hydrogens is 530 g/mol. The van der Waals surface area contributed by atoms with E-state index in [1.165, 1.54) is 6.07 Å². The summed E-state index contributed by atoms with van der Waals surface area (Å²) in [7, 11) is 0. The lowest BCUT2D eigenvalue weighted by Crippen LogP contribution is -2.53. The molecule has 2 aliphatic rings. The van der Waals surface area contributed by atoms with Gasteiger partial charge >= 0.3 is 12.1 Å². The van der Waals surface area contributed by atoms with Gasteiger partial charge in [0.05, 0.1) is 11.1 Å². The standard InChI is InChI=1S/C24H21Cl2F5N2O3/c25-14-9-16(20(17(26)10-14)36-11-19(27)28)13-4-5-15-12(8-13)2-1-3-18(15)32-21(34)23(6-7-23)33-22(35)24(29,30)31/h4-5,8-10,18-19H,1-3,6-7,11H2,(H,32,34)(H,33,35). The van der Waals surface area contributed by atoms with Crippen LogP contribution in [0.2, 0.25) is 10.0 Å². The van der Waals surface area contributed by atoms with Crippen molar-refractivity contribution in [2.45, 2.75) is 56.3 Å². The van der Waals surface area contributed by atoms with Crippen molar-refractivity contribution in [2.24, 2.45) is 0 Å². The lowest BCUT2D eigenvalue weighted by atomic mass is 9.85. The highest BCUT2D eigenvalue weighted by Crippen LogP contribution is 2.42. The molecule has 2 N–H and O–H groups in total. The van der Waals surface area contributed by atoms with Gasteiger partial charge in [0.2, 0.25) is 5.91 Å². The highest BCUT2D eigenvalue weighted by molar-refractivity contribution is 6.36. The Labute approximate surface area is 213 Å². The second kappa shape index (κ2) is 10.0. The molecule has 0 spiro atoms. The van der Waals surface area contributed by atoms with Crippen LogP contribution < -0.4 is 15.4 Å². The number of aryl methyl sites for hydroxylation is 1. The van der Waals surface area contributed by atoms with Gasteiger partial charge in [-0.05, 0) is 60.9 Å². The van der Waals surface area contributed by atoms with Crippen molar-refractivity contribution in [3.8, 4) is 16.9 Å². The van der Waals surface area contributed by atoms with Crippen molar-refractivity contribution in [3.05, 3.63) is 51.5 Å². The number of carbonyl (C=O) groups excluding carboxylic acids is 2. The van der Waals surface area contributed by atoms with Gasteiger partial charge in [-0.15, -0.1) is 0 Å². The number of amides is 2. The molecule has 0 bridgehead atoms. The Morgan fingerprint density at radius 1 is 1.14 bits per heavy atom. The van der Waals surface area contributed by atoms with E-state index < -0.39 is 42.6 Å². The first-order valence-corrected chi connectivity index (χ1v) is 11.9. The molecule has 2 aromatic rings. The van der Waals surface area contributed by atoms with Gasteiger partial charge in [-0.3, -0.25) is 9.59 Å². The maximum Gasteiger partial charge on any atom is 0.471 e. The van der Waals surface area contributed by atoms with Crippen molar-refractivity contribution < 1.29 is 36.3 Å². The molecule has 1 saturated carbocycles. The first-order chi connectivity index (χ1) is 16.9. The number of ether oxygens (including phenoxy) is 1. The Hall–Kier alpha value is -2.59. The fourth-order valence-electron chi connectivity index (χ4n) is 4.32. The Balaban J connectivity index is 1.57. The zero-order valence-corrected chi connectivity index (χ0v) is 20.2. The van der Waals surface area contributed by atoms with Crippen LogP contribution in [0.1, 0.15) is 42.9 Å². The minimum Gasteiger partial charge on any atom is -0.485 e. The van der Waals surface area contributed by atoms with Crippen LogP contribution in [0.4, 0.5) is 22.0 Å². The number of carbonyl (C=O) groups is 2. The highest BCUT2D eigenvalue weighted by Gasteiger charge is 2.55. The minimum atomic E-state index is -5.08. The fourth-order valence-corrected chi connectivity index (χ4v) is 4.87. The number of hydrogen-bond acceptors (Lipinski definition) is 3. The first-order valence-electron chi connectivity index (χ1n) is 11.1. The molecule has 0 heterocycles. The molecule has 2 amide bonds. The van der Waals surface area contributed by atoms with Crippen molar-refractivity contribution >= 4 is 35.0 Å². The van der Waals surface area contributed by atoms with E-state index >= 15 is 0 Å². The van der Waals surface area contributed by atoms with Gasteiger partial charge < -0.3 is 15.4 Å². The van der Waals surface area contributed by atoms with Crippen LogP contribution in [0.25, 0.3) is 11.1 Å². The molecule has 0 aromatic heterocycles. The second-order valence-corrected chi connectivity index (χ2v) is 9.68. The van der Waals surface area contributed by atoms with Gasteiger partial charge in [-0.25, -0.2) is 8.78 Å². The predicted octanol–water partition coefficient (Wildman–Crippen LogP) is 6.01. The Morgan fingerprint density at radius 3 is 2.50 bits per heavy atom. The molecule has 5 nitrogen and oxygen atoms in total. The predicted molar refractivity (Wildman–Crippen MR) is 123 cm³/mol. The molecule has 2 aromatic carbocycles. The van der Waals surface area contributed by atoms with E-state index in [2.05, 4.69) is 5.32 Å². The van der Waals surface area contributed by atoms with Gasteiger partial charge in [0.1, 0.15) is 17.9 Å². The highest BCUT2D eigenvalue weighted by atomic mass is 35.5. The topological polar surface area (TPSA) is 67.4 Å². The van der Waals surface area contributed by atoms with Crippen LogP contribution in [0.15, 0.2) is 30.3 Å². The number of rotatable bonds is 7. The van der Waals surface area contributed by atoms with Crippen molar-refractivity contribution in [2.75, 3.05) is 6.61 Å². The summed E-state index contributed by atoms with van der Waals surface area (Å²) in [6, 6.07) is 7.77. The number of fused-ring (bicyclic) bond motifs is 1. The summed E-state index contributed by atoms with van der Waals surface area (Å²) in [5, 5.41) is 4.97. The van der Waals surface area contributed by atoms with Gasteiger partial charge in [0.25, 0.3) is 6.43 Å². The summed E-state index contributed by atoms with van der Waals surface area (Å²) < 4.78 is 68.7. The maximum atomic E-state index is 12.8. The Morgan fingerprint density at radius 2 is 1.86 bits per heavy atom. The van der Waals surface area contributed by atoms with E-state index in [1.807, 2.05) is 11.4 Å². The SMILES string of the molecule is O=C(NC1(C(=O)NC2CCCc3cc(-c4cc(Cl)cc(Cl)c4OCC(F)F)ccc32)CC1)C(F)(F)F. The Kier molecular flexibility index (Phi) is 7.39. The molecule has 194 valence electrons. The number of nitrogens with one attached hydrogen (secondary N) is 2. The number of alkyl halides is 5. The van der Waals surface area contributed by atoms with Gasteiger partial charge in [0, 0.05) is 10.6 Å². The van der Waals surface area contributed by atoms with Gasteiger partial charge in [-0.1, -0.05) is 41.4 Å². The quantitative estimate of drug-likeness (QED) is 0.415. The molecule has 1 unspecified atom stereocenters. The third-order valence-corrected chi connectivity index (χ3v) is 6.73. The van der Waals surface area contributed by atoms with Crippen LogP contribution in [0, 0.1) is 0 Å². The van der Waals surface area contributed by atoms with E-state index in [9.17, 15) is 31.5 Å². The van der Waals surface area contributed by atoms with E-state index in [0.29, 0.717) is 30.4 Å². The van der Waals surface area contributed by atoms with Crippen molar-refractivity contribution in [1.29, 1.82) is 0 Å². The van der Waals surface area contributed by atoms with Crippen LogP contribution >= 0.6 is 23.2 Å². The first kappa shape index (κ1) is 26.5. The van der Waals surface area contributed by atoms with Crippen LogP contribution in [0.5, 0.6) is 5.75 Å². The summed E-state index contributed by atoms with van der Waals surface area (Å²) >= 11 is 12.3. The molecule has 1 atom stereocenters. The molecule has 12 heteroatoms. The molecule has 0 aliphatic heterocycles. The normalized spacial score (nSPS) is 18.4. The smallest absolute Gasteiger partial charge is 0.471 e. The van der Waals surface area contributed by atoms with E-state index in [1.54, 1.807) is 18.2 Å². The van der Waals surface area contributed by atoms with Crippen molar-refractivity contribution in [3.63, 3.8) is 0 Å². The summed E-state index contributed by atoms with van der Waals surface area (Å²) in [4.78, 5) is 24.2. The fraction of sp³-hybridized carbons (Fsp3) is 0.417. The summed E-state index contributed by atoms with van der Waals surface area (Å²) in [5.41, 5.74) is 1.13. The molecular formula is C24H21Cl2F5N2O3.